The van der Waals surface area contributed by atoms with Crippen LogP contribution in [0.4, 0.5) is 0 Å². The monoisotopic (exact) mass is 1030 g/mol. The number of nitrogens with zero attached hydrogens (tertiary/aromatic N) is 1. The summed E-state index contributed by atoms with van der Waals surface area (Å²) in [6, 6.07) is 1.89. The van der Waals surface area contributed by atoms with Crippen molar-refractivity contribution in [3.8, 4) is 11.8 Å². The molecule has 406 valence electrons. The lowest BCUT2D eigenvalue weighted by molar-refractivity contribution is -0.202. The molecule has 0 radical (unpaired) electrons. The third kappa shape index (κ3) is 8.80. The minimum atomic E-state index is -2.01. The number of aliphatic hydroxyl groups excluding tert-OH is 4. The van der Waals surface area contributed by atoms with Crippen LogP contribution >= 0.6 is 0 Å². The van der Waals surface area contributed by atoms with Crippen molar-refractivity contribution in [1.29, 1.82) is 0 Å². The highest BCUT2D eigenvalue weighted by Gasteiger charge is 2.75. The lowest BCUT2D eigenvalue weighted by atomic mass is 9.41. The number of nitrogens with two attached hydrogens (primary N) is 2. The number of H-pyrrole nitrogens is 1. The fraction of sp³-hybridized carbons (Fsp3) is 0.759. The Morgan fingerprint density at radius 3 is 2.46 bits per heavy atom. The summed E-state index contributed by atoms with van der Waals surface area (Å²) in [6.07, 6.45) is 8.81. The number of hydrogen-bond donors (Lipinski definition) is 11. The van der Waals surface area contributed by atoms with Gasteiger partial charge in [0, 0.05) is 60.4 Å². The SMILES string of the molecule is CC(=O)CNC1=C2[C@H](CC[C@]3(CCN=C(N)N)[C@@H]4[C@@H](CC#C[C@H]([C@@H]5COC(=O)[C@H]5c5cc[nH]c5)C[C@@H]5[C@@H](CC=C6CC[C@H](C)C[C@H]65)[C@H](C(O)O)C[C@@H](O)[C@]4(C)O)C[C@@]23O)[C@@]2(C3CCCC3)C[C@H](O)[C@H](O)C[C@H]2C1=O. The summed E-state index contributed by atoms with van der Waals surface area (Å²) in [5.41, 5.74) is 8.69. The Kier molecular flexibility index (Phi) is 14.7. The van der Waals surface area contributed by atoms with Crippen molar-refractivity contribution in [3.05, 3.63) is 46.9 Å². The summed E-state index contributed by atoms with van der Waals surface area (Å²) in [5, 5.41) is 90.6. The molecule has 5 saturated carbocycles. The van der Waals surface area contributed by atoms with Gasteiger partial charge in [0.25, 0.3) is 0 Å². The van der Waals surface area contributed by atoms with Crippen LogP contribution in [0.5, 0.6) is 0 Å². The van der Waals surface area contributed by atoms with E-state index < -0.39 is 88.1 Å². The largest absolute Gasteiger partial charge is 0.465 e. The molecule has 0 amide bonds. The number of ketones is 2. The van der Waals surface area contributed by atoms with Crippen molar-refractivity contribution in [1.82, 2.24) is 10.3 Å². The van der Waals surface area contributed by atoms with Gasteiger partial charge >= 0.3 is 5.97 Å². The van der Waals surface area contributed by atoms with Crippen molar-refractivity contribution in [2.75, 3.05) is 19.7 Å². The zero-order valence-corrected chi connectivity index (χ0v) is 43.6. The summed E-state index contributed by atoms with van der Waals surface area (Å²) in [7, 11) is 0. The number of allylic oxidation sites excluding steroid dienone is 3. The van der Waals surface area contributed by atoms with Crippen molar-refractivity contribution >= 4 is 23.5 Å². The number of hydrogen-bond acceptors (Lipinski definition) is 13. The predicted molar refractivity (Wildman–Crippen MR) is 274 cm³/mol. The molecule has 2 heterocycles. The van der Waals surface area contributed by atoms with Gasteiger partial charge in [-0.2, -0.15) is 0 Å². The van der Waals surface area contributed by atoms with E-state index in [4.69, 9.17) is 16.2 Å². The fourth-order valence-corrected chi connectivity index (χ4v) is 18.5. The van der Waals surface area contributed by atoms with Crippen LogP contribution in [-0.2, 0) is 19.1 Å². The average molecular weight is 1030 g/mol. The zero-order valence-electron chi connectivity index (χ0n) is 43.6. The van der Waals surface area contributed by atoms with Crippen LogP contribution in [0.1, 0.15) is 141 Å². The number of nitrogens with one attached hydrogen (secondary N) is 2. The number of esters is 1. The minimum absolute atomic E-state index is 0.00417. The molecule has 16 nitrogen and oxygen atoms in total. The van der Waals surface area contributed by atoms with Crippen LogP contribution < -0.4 is 16.8 Å². The minimum Gasteiger partial charge on any atom is -0.465 e. The lowest BCUT2D eigenvalue weighted by Gasteiger charge is -2.64. The van der Waals surface area contributed by atoms with E-state index in [9.17, 15) is 45.3 Å². The van der Waals surface area contributed by atoms with Gasteiger partial charge in [-0.3, -0.25) is 19.4 Å². The van der Waals surface area contributed by atoms with Crippen LogP contribution in [0.3, 0.4) is 0 Å². The molecule has 8 aliphatic carbocycles. The first-order valence-corrected chi connectivity index (χ1v) is 28.1. The number of aliphatic imine (C=N–C) groups is 1. The molecule has 13 N–H and O–H groups in total. The second kappa shape index (κ2) is 20.4. The summed E-state index contributed by atoms with van der Waals surface area (Å²) in [5.74, 6) is 1.48. The maximum atomic E-state index is 15.6. The molecule has 10 rings (SSSR count). The maximum absolute atomic E-state index is 15.6. The second-order valence-corrected chi connectivity index (χ2v) is 25.2. The van der Waals surface area contributed by atoms with E-state index in [2.05, 4.69) is 40.1 Å². The number of guanidine groups is 1. The Hall–Kier alpha value is -4.08. The highest BCUT2D eigenvalue weighted by atomic mass is 16.5. The molecule has 19 atom stereocenters. The third-order valence-electron chi connectivity index (χ3n) is 21.5. The van der Waals surface area contributed by atoms with Crippen molar-refractivity contribution in [2.24, 2.45) is 98.3 Å². The number of Topliss-reactive ketones (excluding diaryl/α,β-unsaturated/α-hetero) is 2. The van der Waals surface area contributed by atoms with Crippen molar-refractivity contribution in [2.45, 2.75) is 172 Å². The predicted octanol–water partition coefficient (Wildman–Crippen LogP) is 3.86. The first kappa shape index (κ1) is 53.3. The molecule has 1 aromatic heterocycles. The van der Waals surface area contributed by atoms with Gasteiger partial charge in [-0.25, -0.2) is 0 Å². The van der Waals surface area contributed by atoms with Crippen molar-refractivity contribution < 1.29 is 54.9 Å². The second-order valence-electron chi connectivity index (χ2n) is 25.2. The normalized spacial score (nSPS) is 44.4. The molecule has 9 aliphatic rings. The van der Waals surface area contributed by atoms with E-state index in [1.807, 2.05) is 12.3 Å². The molecule has 6 fully saturated rings. The number of carbonyl (C=O) groups excluding carboxylic acids is 3. The van der Waals surface area contributed by atoms with E-state index in [0.29, 0.717) is 37.2 Å². The number of fused-ring (bicyclic) bond motifs is 10. The highest BCUT2D eigenvalue weighted by Crippen LogP contribution is 2.74. The van der Waals surface area contributed by atoms with Crippen LogP contribution in [0.15, 0.2) is 46.4 Å². The smallest absolute Gasteiger partial charge is 0.313 e. The Labute approximate surface area is 435 Å². The molecule has 0 unspecified atom stereocenters. The summed E-state index contributed by atoms with van der Waals surface area (Å²) < 4.78 is 5.89. The molecule has 0 spiro atoms. The summed E-state index contributed by atoms with van der Waals surface area (Å²) in [6.45, 7) is 5.27. The number of cyclic esters (lactones) is 1. The molecule has 1 aliphatic heterocycles. The summed E-state index contributed by atoms with van der Waals surface area (Å²) in [4.78, 5) is 49.9. The molecule has 1 saturated heterocycles. The summed E-state index contributed by atoms with van der Waals surface area (Å²) >= 11 is 0. The molecular formula is C58H83N5O11. The van der Waals surface area contributed by atoms with Crippen molar-refractivity contribution in [3.63, 3.8) is 0 Å². The lowest BCUT2D eigenvalue weighted by Crippen LogP contribution is -2.67. The van der Waals surface area contributed by atoms with Crippen LogP contribution in [0.25, 0.3) is 0 Å². The van der Waals surface area contributed by atoms with Gasteiger partial charge in [-0.15, -0.1) is 5.92 Å². The first-order valence-electron chi connectivity index (χ1n) is 28.1. The Morgan fingerprint density at radius 1 is 0.986 bits per heavy atom. The standard InChI is InChI=1S/C58H83N5O11/c1-30-11-12-32-13-14-37-39(38(32)21-30)22-33(41-29-74-53(71)47(41)35-16-19-61-28-35)7-6-8-34-25-58(73)48-42(15-17-56(58,18-20-62-54(59)60)51(34)55(3,72)46(67)23-40(37)52(69)70)57(36-9-4-5-10-36)26-45(66)44(65)24-43(57)50(68)49(48)63-27-31(2)64/h13,16,19,28,30,33-34,36-47,51-52,61,63,65-67,69-70,72-73H,4-5,8-12,14-15,17-18,20-27,29H2,1-3H3,(H4,59,60,62)/t30-,33-,34-,37+,38+,39+,40+,41-,42-,43-,44+,45-,46+,47-,51+,55-,56-,57-,58+/m0/s1. The van der Waals surface area contributed by atoms with E-state index in [1.54, 1.807) is 13.1 Å². The van der Waals surface area contributed by atoms with Crippen LogP contribution in [0.2, 0.25) is 0 Å². The number of carbonyl (C=O) groups is 3. The third-order valence-corrected chi connectivity index (χ3v) is 21.5. The van der Waals surface area contributed by atoms with Gasteiger partial charge in [-0.05, 0) is 168 Å². The van der Waals surface area contributed by atoms with Crippen LogP contribution in [0, 0.1) is 93.7 Å². The van der Waals surface area contributed by atoms with E-state index in [-0.39, 0.29) is 117 Å². The molecule has 0 aromatic carbocycles. The van der Waals surface area contributed by atoms with E-state index in [1.165, 1.54) is 12.5 Å². The number of aromatic nitrogens is 1. The maximum Gasteiger partial charge on any atom is 0.313 e. The quantitative estimate of drug-likeness (QED) is 0.0397. The number of rotatable bonds is 10. The van der Waals surface area contributed by atoms with Gasteiger partial charge < -0.3 is 62.3 Å². The highest BCUT2D eigenvalue weighted by molar-refractivity contribution is 6.00. The Balaban J connectivity index is 1.17. The molecular weight excluding hydrogens is 943 g/mol. The first-order chi connectivity index (χ1) is 35.2. The Morgan fingerprint density at radius 2 is 1.76 bits per heavy atom. The zero-order chi connectivity index (χ0) is 52.6. The fourth-order valence-electron chi connectivity index (χ4n) is 18.5. The van der Waals surface area contributed by atoms with Gasteiger partial charge in [0.15, 0.2) is 18.0 Å². The average Bonchev–Trinajstić information content (AvgIpc) is 4.26. The van der Waals surface area contributed by atoms with Gasteiger partial charge in [0.05, 0.1) is 54.3 Å². The molecule has 16 heteroatoms. The number of aromatic amines is 1. The molecule has 1 aromatic rings. The Bertz CT molecular complexity index is 2450. The van der Waals surface area contributed by atoms with Gasteiger partial charge in [0.2, 0.25) is 0 Å². The number of aliphatic hydroxyl groups is 7. The van der Waals surface area contributed by atoms with Gasteiger partial charge in [0.1, 0.15) is 5.78 Å². The topological polar surface area (TPSA) is 294 Å². The molecule has 74 heavy (non-hydrogen) atoms. The van der Waals surface area contributed by atoms with E-state index in [0.717, 1.165) is 50.5 Å². The van der Waals surface area contributed by atoms with Gasteiger partial charge in [-0.1, -0.05) is 37.3 Å². The molecule has 0 bridgehead atoms. The van der Waals surface area contributed by atoms with E-state index >= 15 is 4.79 Å². The van der Waals surface area contributed by atoms with Crippen LogP contribution in [-0.4, -0.2) is 120 Å². The number of ether oxygens (including phenoxy) is 1.